The number of piperidine rings is 1. The van der Waals surface area contributed by atoms with Crippen LogP contribution in [0, 0.1) is 5.82 Å². The Morgan fingerprint density at radius 1 is 1.38 bits per heavy atom. The number of amides is 1. The quantitative estimate of drug-likeness (QED) is 0.296. The van der Waals surface area contributed by atoms with Crippen LogP contribution < -0.4 is 10.6 Å². The maximum atomic E-state index is 13.1. The fourth-order valence-corrected chi connectivity index (χ4v) is 2.92. The van der Waals surface area contributed by atoms with E-state index in [-0.39, 0.29) is 41.9 Å². The van der Waals surface area contributed by atoms with E-state index in [9.17, 15) is 9.18 Å². The van der Waals surface area contributed by atoms with E-state index < -0.39 is 0 Å². The van der Waals surface area contributed by atoms with Crippen molar-refractivity contribution in [3.05, 3.63) is 35.6 Å². The molecular formula is C18H28FIN4O2. The number of nitrogens with one attached hydrogen (secondary N) is 2. The van der Waals surface area contributed by atoms with Gasteiger partial charge in [-0.05, 0) is 43.4 Å². The number of aryl methyl sites for hydroxylation is 1. The topological polar surface area (TPSA) is 66.0 Å². The maximum Gasteiger partial charge on any atom is 0.409 e. The molecule has 0 saturated carbocycles. The summed E-state index contributed by atoms with van der Waals surface area (Å²) < 4.78 is 17.9. The summed E-state index contributed by atoms with van der Waals surface area (Å²) in [7, 11) is 3.15. The van der Waals surface area contributed by atoms with Gasteiger partial charge in [0.25, 0.3) is 0 Å². The van der Waals surface area contributed by atoms with Crippen LogP contribution in [0.5, 0.6) is 0 Å². The largest absolute Gasteiger partial charge is 0.453 e. The highest BCUT2D eigenvalue weighted by Gasteiger charge is 2.23. The molecule has 1 aliphatic heterocycles. The first kappa shape index (κ1) is 22.5. The van der Waals surface area contributed by atoms with E-state index in [0.29, 0.717) is 13.1 Å². The number of guanidine groups is 1. The Hall–Kier alpha value is -1.58. The maximum absolute atomic E-state index is 13.1. The van der Waals surface area contributed by atoms with Gasteiger partial charge < -0.3 is 20.3 Å². The van der Waals surface area contributed by atoms with Crippen molar-refractivity contribution < 1.29 is 13.9 Å². The van der Waals surface area contributed by atoms with Crippen LogP contribution in [-0.2, 0) is 11.2 Å². The summed E-state index contributed by atoms with van der Waals surface area (Å²) in [5, 5.41) is 6.68. The molecule has 0 bridgehead atoms. The van der Waals surface area contributed by atoms with E-state index >= 15 is 0 Å². The summed E-state index contributed by atoms with van der Waals surface area (Å²) in [5.41, 5.74) is 1.000. The summed E-state index contributed by atoms with van der Waals surface area (Å²) in [6.45, 7) is 2.12. The van der Waals surface area contributed by atoms with Gasteiger partial charge >= 0.3 is 6.09 Å². The molecule has 0 atom stereocenters. The minimum absolute atomic E-state index is 0. The molecule has 1 aromatic rings. The van der Waals surface area contributed by atoms with E-state index in [1.165, 1.54) is 13.2 Å². The molecule has 1 heterocycles. The third-order valence-corrected chi connectivity index (χ3v) is 4.32. The molecule has 0 unspecified atom stereocenters. The van der Waals surface area contributed by atoms with Crippen molar-refractivity contribution in [2.45, 2.75) is 31.7 Å². The van der Waals surface area contributed by atoms with Crippen LogP contribution in [0.25, 0.3) is 0 Å². The second-order valence-electron chi connectivity index (χ2n) is 6.11. The normalized spacial score (nSPS) is 15.2. The molecule has 146 valence electrons. The molecule has 0 aromatic heterocycles. The first-order valence-electron chi connectivity index (χ1n) is 8.67. The smallest absolute Gasteiger partial charge is 0.409 e. The Balaban J connectivity index is 0.00000338. The van der Waals surface area contributed by atoms with Crippen LogP contribution in [0.3, 0.4) is 0 Å². The van der Waals surface area contributed by atoms with Crippen molar-refractivity contribution in [1.29, 1.82) is 0 Å². The fourth-order valence-electron chi connectivity index (χ4n) is 2.92. The number of carbonyl (C=O) groups is 1. The van der Waals surface area contributed by atoms with Crippen molar-refractivity contribution in [3.8, 4) is 0 Å². The molecule has 8 heteroatoms. The minimum Gasteiger partial charge on any atom is -0.453 e. The number of rotatable bonds is 5. The molecule has 1 fully saturated rings. The number of halogens is 2. The summed E-state index contributed by atoms with van der Waals surface area (Å²) in [6, 6.07) is 6.99. The zero-order chi connectivity index (χ0) is 18.1. The van der Waals surface area contributed by atoms with Gasteiger partial charge in [-0.3, -0.25) is 4.99 Å². The van der Waals surface area contributed by atoms with Gasteiger partial charge in [0.2, 0.25) is 0 Å². The molecular weight excluding hydrogens is 450 g/mol. The number of aliphatic imine (C=N–C) groups is 1. The Bertz CT molecular complexity index is 592. The van der Waals surface area contributed by atoms with Crippen molar-refractivity contribution in [1.82, 2.24) is 15.5 Å². The summed E-state index contributed by atoms with van der Waals surface area (Å²) in [5.74, 6) is 0.567. The molecule has 2 N–H and O–H groups in total. The van der Waals surface area contributed by atoms with Gasteiger partial charge in [0.15, 0.2) is 5.96 Å². The number of nitrogens with zero attached hydrogens (tertiary/aromatic N) is 2. The number of likely N-dealkylation sites (tertiary alicyclic amines) is 1. The molecule has 6 nitrogen and oxygen atoms in total. The first-order chi connectivity index (χ1) is 12.1. The lowest BCUT2D eigenvalue weighted by molar-refractivity contribution is 0.111. The third kappa shape index (κ3) is 7.35. The summed E-state index contributed by atoms with van der Waals surface area (Å²) in [6.07, 6.45) is 3.17. The average Bonchev–Trinajstić information content (AvgIpc) is 2.64. The average molecular weight is 478 g/mol. The molecule has 1 saturated heterocycles. The standard InChI is InChI=1S/C18H27FN4O2.HI/c1-20-17(21-10-4-6-14-5-3-7-15(19)13-14)22-16-8-11-23(12-9-16)18(24)25-2;/h3,5,7,13,16H,4,6,8-12H2,1-2H3,(H2,20,21,22);1H. The van der Waals surface area contributed by atoms with E-state index in [2.05, 4.69) is 15.6 Å². The van der Waals surface area contributed by atoms with Gasteiger partial charge in [-0.1, -0.05) is 12.1 Å². The van der Waals surface area contributed by atoms with Gasteiger partial charge in [0.05, 0.1) is 7.11 Å². The lowest BCUT2D eigenvalue weighted by Crippen LogP contribution is -2.49. The van der Waals surface area contributed by atoms with Crippen molar-refractivity contribution in [2.24, 2.45) is 4.99 Å². The van der Waals surface area contributed by atoms with Gasteiger partial charge in [-0.25, -0.2) is 9.18 Å². The predicted molar refractivity (Wildman–Crippen MR) is 112 cm³/mol. The summed E-state index contributed by atoms with van der Waals surface area (Å²) in [4.78, 5) is 17.4. The van der Waals surface area contributed by atoms with E-state index in [1.807, 2.05) is 6.07 Å². The Morgan fingerprint density at radius 2 is 2.12 bits per heavy atom. The minimum atomic E-state index is -0.265. The van der Waals surface area contributed by atoms with Crippen LogP contribution in [0.15, 0.2) is 29.3 Å². The SMILES string of the molecule is CN=C(NCCCc1cccc(F)c1)NC1CCN(C(=O)OC)CC1.I. The van der Waals surface area contributed by atoms with Gasteiger partial charge in [0, 0.05) is 32.7 Å². The van der Waals surface area contributed by atoms with Crippen LogP contribution in [0.1, 0.15) is 24.8 Å². The molecule has 0 aliphatic carbocycles. The van der Waals surface area contributed by atoms with Crippen LogP contribution in [0.4, 0.5) is 9.18 Å². The van der Waals surface area contributed by atoms with Crippen LogP contribution in [-0.4, -0.2) is 56.8 Å². The molecule has 1 amide bonds. The number of benzene rings is 1. The highest BCUT2D eigenvalue weighted by atomic mass is 127. The molecule has 1 aromatic carbocycles. The first-order valence-corrected chi connectivity index (χ1v) is 8.67. The van der Waals surface area contributed by atoms with Gasteiger partial charge in [-0.2, -0.15) is 0 Å². The summed E-state index contributed by atoms with van der Waals surface area (Å²) >= 11 is 0. The number of carbonyl (C=O) groups excluding carboxylic acids is 1. The highest BCUT2D eigenvalue weighted by molar-refractivity contribution is 14.0. The highest BCUT2D eigenvalue weighted by Crippen LogP contribution is 2.11. The molecule has 0 spiro atoms. The Kier molecular flexibility index (Phi) is 10.3. The number of hydrogen-bond acceptors (Lipinski definition) is 3. The van der Waals surface area contributed by atoms with E-state index in [0.717, 1.165) is 43.8 Å². The van der Waals surface area contributed by atoms with E-state index in [1.54, 1.807) is 24.1 Å². The zero-order valence-corrected chi connectivity index (χ0v) is 17.7. The van der Waals surface area contributed by atoms with Crippen molar-refractivity contribution in [2.75, 3.05) is 33.8 Å². The molecule has 2 rings (SSSR count). The Labute approximate surface area is 171 Å². The van der Waals surface area contributed by atoms with Crippen LogP contribution in [0.2, 0.25) is 0 Å². The fraction of sp³-hybridized carbons (Fsp3) is 0.556. The van der Waals surface area contributed by atoms with Gasteiger partial charge in [0.1, 0.15) is 5.82 Å². The predicted octanol–water partition coefficient (Wildman–Crippen LogP) is 2.77. The second-order valence-corrected chi connectivity index (χ2v) is 6.11. The zero-order valence-electron chi connectivity index (χ0n) is 15.3. The lowest BCUT2D eigenvalue weighted by atomic mass is 10.1. The monoisotopic (exact) mass is 478 g/mol. The van der Waals surface area contributed by atoms with Crippen molar-refractivity contribution in [3.63, 3.8) is 0 Å². The van der Waals surface area contributed by atoms with Crippen molar-refractivity contribution >= 4 is 36.0 Å². The number of hydrogen-bond donors (Lipinski definition) is 2. The second kappa shape index (κ2) is 11.9. The number of methoxy groups -OCH3 is 1. The van der Waals surface area contributed by atoms with Crippen LogP contribution >= 0.6 is 24.0 Å². The number of ether oxygens (including phenoxy) is 1. The molecule has 1 aliphatic rings. The lowest BCUT2D eigenvalue weighted by Gasteiger charge is -2.32. The molecule has 26 heavy (non-hydrogen) atoms. The Morgan fingerprint density at radius 3 is 2.73 bits per heavy atom. The third-order valence-electron chi connectivity index (χ3n) is 4.32. The molecule has 0 radical (unpaired) electrons. The van der Waals surface area contributed by atoms with Gasteiger partial charge in [-0.15, -0.1) is 24.0 Å². The van der Waals surface area contributed by atoms with E-state index in [4.69, 9.17) is 4.74 Å².